The highest BCUT2D eigenvalue weighted by Crippen LogP contribution is 2.31. The first-order chi connectivity index (χ1) is 16.9. The standard InChI is InChI=1S/C27H29ClN4O3/c1-18-8-10-23(22(28)14-18)30-27(34)31-24-16-20(9-11-25(24)32-12-3-4-13-32)26(33)29-17-19-6-5-7-21(15-19)35-2/h5-11,14-16H,3-4,12-13,17H2,1-2H3,(H,29,33)(H2,30,31,34). The van der Waals surface area contributed by atoms with Crippen LogP contribution in [0.15, 0.2) is 60.7 Å². The Morgan fingerprint density at radius 1 is 0.971 bits per heavy atom. The van der Waals surface area contributed by atoms with Gasteiger partial charge in [-0.15, -0.1) is 0 Å². The summed E-state index contributed by atoms with van der Waals surface area (Å²) in [4.78, 5) is 28.0. The molecule has 1 fully saturated rings. The SMILES string of the molecule is COc1cccc(CNC(=O)c2ccc(N3CCCC3)c(NC(=O)Nc3ccc(C)cc3Cl)c2)c1. The molecule has 0 aromatic heterocycles. The normalized spacial score (nSPS) is 12.8. The van der Waals surface area contributed by atoms with Gasteiger partial charge in [-0.3, -0.25) is 4.79 Å². The predicted octanol–water partition coefficient (Wildman–Crippen LogP) is 5.83. The van der Waals surface area contributed by atoms with Gasteiger partial charge >= 0.3 is 6.03 Å². The van der Waals surface area contributed by atoms with E-state index in [-0.39, 0.29) is 5.91 Å². The molecule has 1 aliphatic heterocycles. The number of benzene rings is 3. The summed E-state index contributed by atoms with van der Waals surface area (Å²) in [6.45, 7) is 4.10. The molecule has 3 N–H and O–H groups in total. The molecule has 1 saturated heterocycles. The molecule has 35 heavy (non-hydrogen) atoms. The van der Waals surface area contributed by atoms with Gasteiger partial charge in [-0.1, -0.05) is 29.8 Å². The van der Waals surface area contributed by atoms with Gasteiger partial charge < -0.3 is 25.6 Å². The minimum atomic E-state index is -0.426. The van der Waals surface area contributed by atoms with Crippen LogP contribution in [0.5, 0.6) is 5.75 Å². The largest absolute Gasteiger partial charge is 0.497 e. The molecule has 4 rings (SSSR count). The smallest absolute Gasteiger partial charge is 0.323 e. The number of nitrogens with zero attached hydrogens (tertiary/aromatic N) is 1. The number of hydrogen-bond acceptors (Lipinski definition) is 4. The highest BCUT2D eigenvalue weighted by atomic mass is 35.5. The first kappa shape index (κ1) is 24.4. The Bertz CT molecular complexity index is 1220. The molecule has 182 valence electrons. The molecule has 0 unspecified atom stereocenters. The van der Waals surface area contributed by atoms with E-state index < -0.39 is 6.03 Å². The van der Waals surface area contributed by atoms with E-state index in [0.29, 0.717) is 28.5 Å². The van der Waals surface area contributed by atoms with E-state index in [4.69, 9.17) is 16.3 Å². The lowest BCUT2D eigenvalue weighted by Crippen LogP contribution is -2.26. The van der Waals surface area contributed by atoms with Gasteiger partial charge in [-0.2, -0.15) is 0 Å². The van der Waals surface area contributed by atoms with Gasteiger partial charge in [0.15, 0.2) is 0 Å². The third kappa shape index (κ3) is 6.25. The molecule has 7 nitrogen and oxygen atoms in total. The number of methoxy groups -OCH3 is 1. The van der Waals surface area contributed by atoms with E-state index in [1.807, 2.05) is 43.3 Å². The van der Waals surface area contributed by atoms with E-state index in [2.05, 4.69) is 20.9 Å². The molecule has 0 radical (unpaired) electrons. The average molecular weight is 493 g/mol. The quantitative estimate of drug-likeness (QED) is 0.387. The molecule has 3 aromatic rings. The third-order valence-electron chi connectivity index (χ3n) is 5.91. The van der Waals surface area contributed by atoms with Crippen LogP contribution in [0.1, 0.15) is 34.3 Å². The van der Waals surface area contributed by atoms with Crippen molar-refractivity contribution in [2.75, 3.05) is 35.7 Å². The summed E-state index contributed by atoms with van der Waals surface area (Å²) in [7, 11) is 1.61. The molecule has 8 heteroatoms. The Morgan fingerprint density at radius 3 is 2.49 bits per heavy atom. The summed E-state index contributed by atoms with van der Waals surface area (Å²) in [5.74, 6) is 0.503. The summed E-state index contributed by atoms with van der Waals surface area (Å²) >= 11 is 6.27. The van der Waals surface area contributed by atoms with Gasteiger partial charge in [0.05, 0.1) is 29.2 Å². The predicted molar refractivity (Wildman–Crippen MR) is 141 cm³/mol. The van der Waals surface area contributed by atoms with Crippen molar-refractivity contribution in [3.8, 4) is 5.75 Å². The lowest BCUT2D eigenvalue weighted by atomic mass is 10.1. The van der Waals surface area contributed by atoms with Crippen LogP contribution in [-0.2, 0) is 6.54 Å². The molecule has 0 saturated carbocycles. The summed E-state index contributed by atoms with van der Waals surface area (Å²) in [6, 6.07) is 17.9. The molecule has 3 amide bonds. The molecule has 0 aliphatic carbocycles. The van der Waals surface area contributed by atoms with Gasteiger partial charge in [-0.25, -0.2) is 4.79 Å². The van der Waals surface area contributed by atoms with Crippen molar-refractivity contribution in [1.82, 2.24) is 5.32 Å². The Kier molecular flexibility index (Phi) is 7.77. The number of halogens is 1. The van der Waals surface area contributed by atoms with E-state index in [1.165, 1.54) is 0 Å². The van der Waals surface area contributed by atoms with Crippen molar-refractivity contribution < 1.29 is 14.3 Å². The van der Waals surface area contributed by atoms with Gasteiger partial charge in [-0.05, 0) is 73.4 Å². The topological polar surface area (TPSA) is 82.7 Å². The average Bonchev–Trinajstić information content (AvgIpc) is 3.39. The third-order valence-corrected chi connectivity index (χ3v) is 6.23. The molecule has 3 aromatic carbocycles. The summed E-state index contributed by atoms with van der Waals surface area (Å²) in [6.07, 6.45) is 2.18. The number of carbonyl (C=O) groups is 2. The van der Waals surface area contributed by atoms with Crippen molar-refractivity contribution >= 4 is 40.6 Å². The van der Waals surface area contributed by atoms with Crippen LogP contribution in [0.2, 0.25) is 5.02 Å². The highest BCUT2D eigenvalue weighted by Gasteiger charge is 2.19. The fourth-order valence-corrected chi connectivity index (χ4v) is 4.36. The first-order valence-electron chi connectivity index (χ1n) is 11.6. The number of anilines is 3. The van der Waals surface area contributed by atoms with E-state index in [0.717, 1.165) is 48.5 Å². The van der Waals surface area contributed by atoms with Crippen molar-refractivity contribution in [3.05, 3.63) is 82.4 Å². The lowest BCUT2D eigenvalue weighted by molar-refractivity contribution is 0.0951. The second-order valence-corrected chi connectivity index (χ2v) is 8.93. The van der Waals surface area contributed by atoms with Crippen molar-refractivity contribution in [2.45, 2.75) is 26.3 Å². The number of rotatable bonds is 7. The zero-order chi connectivity index (χ0) is 24.8. The molecule has 1 heterocycles. The summed E-state index contributed by atoms with van der Waals surface area (Å²) in [5, 5.41) is 9.11. The number of nitrogens with one attached hydrogen (secondary N) is 3. The summed E-state index contributed by atoms with van der Waals surface area (Å²) in [5.41, 5.74) is 4.37. The van der Waals surface area contributed by atoms with Crippen LogP contribution >= 0.6 is 11.6 Å². The first-order valence-corrected chi connectivity index (χ1v) is 11.9. The maximum absolute atomic E-state index is 12.9. The minimum absolute atomic E-state index is 0.231. The maximum atomic E-state index is 12.9. The Labute approximate surface area is 210 Å². The second-order valence-electron chi connectivity index (χ2n) is 8.52. The Morgan fingerprint density at radius 2 is 1.74 bits per heavy atom. The molecule has 0 spiro atoms. The van der Waals surface area contributed by atoms with E-state index in [9.17, 15) is 9.59 Å². The summed E-state index contributed by atoms with van der Waals surface area (Å²) < 4.78 is 5.24. The second kappa shape index (κ2) is 11.1. The number of carbonyl (C=O) groups excluding carboxylic acids is 2. The van der Waals surface area contributed by atoms with Crippen molar-refractivity contribution in [3.63, 3.8) is 0 Å². The molecule has 0 bridgehead atoms. The van der Waals surface area contributed by atoms with Crippen LogP contribution in [0.25, 0.3) is 0 Å². The fraction of sp³-hybridized carbons (Fsp3) is 0.259. The number of aryl methyl sites for hydroxylation is 1. The van der Waals surface area contributed by atoms with Crippen LogP contribution in [0.4, 0.5) is 21.9 Å². The Balaban J connectivity index is 1.51. The highest BCUT2D eigenvalue weighted by molar-refractivity contribution is 6.33. The number of urea groups is 1. The van der Waals surface area contributed by atoms with Gasteiger partial charge in [0.25, 0.3) is 5.91 Å². The number of amides is 3. The Hall–Kier alpha value is -3.71. The maximum Gasteiger partial charge on any atom is 0.323 e. The minimum Gasteiger partial charge on any atom is -0.497 e. The van der Waals surface area contributed by atoms with E-state index in [1.54, 1.807) is 31.4 Å². The monoisotopic (exact) mass is 492 g/mol. The zero-order valence-corrected chi connectivity index (χ0v) is 20.6. The molecular formula is C27H29ClN4O3. The fourth-order valence-electron chi connectivity index (χ4n) is 4.08. The molecule has 1 aliphatic rings. The van der Waals surface area contributed by atoms with Crippen molar-refractivity contribution in [1.29, 1.82) is 0 Å². The van der Waals surface area contributed by atoms with Crippen LogP contribution < -0.4 is 25.6 Å². The number of hydrogen-bond donors (Lipinski definition) is 3. The van der Waals surface area contributed by atoms with Crippen molar-refractivity contribution in [2.24, 2.45) is 0 Å². The van der Waals surface area contributed by atoms with Gasteiger partial charge in [0, 0.05) is 25.2 Å². The zero-order valence-electron chi connectivity index (χ0n) is 19.9. The van der Waals surface area contributed by atoms with Gasteiger partial charge in [0.1, 0.15) is 5.75 Å². The van der Waals surface area contributed by atoms with Crippen LogP contribution in [-0.4, -0.2) is 32.1 Å². The van der Waals surface area contributed by atoms with E-state index >= 15 is 0 Å². The molecule has 0 atom stereocenters. The van der Waals surface area contributed by atoms with Gasteiger partial charge in [0.2, 0.25) is 0 Å². The van der Waals surface area contributed by atoms with Crippen LogP contribution in [0.3, 0.4) is 0 Å². The molecular weight excluding hydrogens is 464 g/mol. The lowest BCUT2D eigenvalue weighted by Gasteiger charge is -2.22. The number of ether oxygens (including phenoxy) is 1. The van der Waals surface area contributed by atoms with Crippen LogP contribution in [0, 0.1) is 6.92 Å².